The summed E-state index contributed by atoms with van der Waals surface area (Å²) in [6, 6.07) is 0. The molecule has 0 bridgehead atoms. The standard InChI is InChI=1S/2C5H11O.4C4H6F3.O.2Sn/c2*1-2-3-4-5-6;4*1-2-3-4(5,6)7;;;/h2*2-5H2,1H3;4*1-3H2;;;/q2*-1;;;;;;2*+1. The molecular weight excluding hydrogens is 826 g/mol. The Bertz CT molecular complexity index is 615. The average Bonchev–Trinajstić information content (AvgIpc) is 2.81. The van der Waals surface area contributed by atoms with Crippen LogP contribution in [0.3, 0.4) is 0 Å². The van der Waals surface area contributed by atoms with Gasteiger partial charge in [-0.15, -0.1) is 0 Å². The van der Waals surface area contributed by atoms with Crippen molar-refractivity contribution in [2.24, 2.45) is 0 Å². The van der Waals surface area contributed by atoms with Crippen LogP contribution in [-0.2, 0) is 7.56 Å². The predicted molar refractivity (Wildman–Crippen MR) is 144 cm³/mol. The molecule has 0 aromatic rings. The minimum atomic E-state index is -5.04. The normalized spacial score (nSPS) is 14.1. The second-order valence-electron chi connectivity index (χ2n) is 10.9. The van der Waals surface area contributed by atoms with Gasteiger partial charge in [-0.1, -0.05) is 0 Å². The Morgan fingerprint density at radius 2 is 0.651 bits per heavy atom. The third-order valence-electron chi connectivity index (χ3n) is 6.67. The van der Waals surface area contributed by atoms with Crippen LogP contribution in [0.1, 0.15) is 104 Å². The third kappa shape index (κ3) is 25.4. The Morgan fingerprint density at radius 1 is 0.395 bits per heavy atom. The first-order chi connectivity index (χ1) is 19.7. The van der Waals surface area contributed by atoms with E-state index in [-0.39, 0.29) is 31.0 Å². The summed E-state index contributed by atoms with van der Waals surface area (Å²) in [6.45, 7) is 3.69. The monoisotopic (exact) mass is 874 g/mol. The molecule has 0 rings (SSSR count). The molecule has 0 aromatic carbocycles. The van der Waals surface area contributed by atoms with Crippen LogP contribution < -0.4 is 0 Å². The fourth-order valence-electron chi connectivity index (χ4n) is 4.59. The van der Waals surface area contributed by atoms with Crippen LogP contribution in [0, 0.1) is 0 Å². The van der Waals surface area contributed by atoms with Crippen LogP contribution in [0.2, 0.25) is 17.7 Å². The van der Waals surface area contributed by atoms with Crippen molar-refractivity contribution in [3.63, 3.8) is 0 Å². The number of unbranched alkanes of at least 4 members (excludes halogenated alkanes) is 4. The first-order valence-electron chi connectivity index (χ1n) is 14.9. The van der Waals surface area contributed by atoms with E-state index in [1.807, 2.05) is 13.8 Å². The first-order valence-corrected chi connectivity index (χ1v) is 27.6. The summed E-state index contributed by atoms with van der Waals surface area (Å²) >= 11 is -10.1. The first kappa shape index (κ1) is 43.6. The molecule has 0 spiro atoms. The van der Waals surface area contributed by atoms with E-state index in [4.69, 9.17) is 7.56 Å². The maximum atomic E-state index is 13.1. The molecule has 0 radical (unpaired) electrons. The SMILES string of the molecule is CCCCC[O][Sn]([CH2]CCC(F)(F)F)([CH2]CCC(F)(F)F)[O][Sn]([CH2]CCC(F)(F)F)([CH2]CCC(F)(F)F)[O]CCCCC. The van der Waals surface area contributed by atoms with Gasteiger partial charge in [0.2, 0.25) is 0 Å². The minimum absolute atomic E-state index is 0.0230. The van der Waals surface area contributed by atoms with Crippen molar-refractivity contribution >= 4 is 38.4 Å². The molecule has 17 heteroatoms. The van der Waals surface area contributed by atoms with Crippen LogP contribution in [0.5, 0.6) is 0 Å². The Balaban J connectivity index is 6.61. The molecule has 0 fully saturated rings. The van der Waals surface area contributed by atoms with Crippen LogP contribution >= 0.6 is 0 Å². The van der Waals surface area contributed by atoms with E-state index in [2.05, 4.69) is 0 Å². The Kier molecular flexibility index (Phi) is 21.1. The molecule has 260 valence electrons. The zero-order chi connectivity index (χ0) is 33.3. The van der Waals surface area contributed by atoms with Crippen LogP contribution in [0.15, 0.2) is 0 Å². The number of halogens is 12. The second-order valence-corrected chi connectivity index (χ2v) is 33.2. The van der Waals surface area contributed by atoms with Gasteiger partial charge in [0.15, 0.2) is 0 Å². The van der Waals surface area contributed by atoms with Gasteiger partial charge in [-0.25, -0.2) is 0 Å². The number of alkyl halides is 12. The maximum absolute atomic E-state index is 13.1. The molecule has 0 amide bonds. The average molecular weight is 872 g/mol. The van der Waals surface area contributed by atoms with Gasteiger partial charge in [0, 0.05) is 0 Å². The van der Waals surface area contributed by atoms with Crippen LogP contribution in [0.25, 0.3) is 0 Å². The van der Waals surface area contributed by atoms with E-state index in [1.54, 1.807) is 0 Å². The van der Waals surface area contributed by atoms with Crippen molar-refractivity contribution in [3.8, 4) is 0 Å². The van der Waals surface area contributed by atoms with E-state index in [9.17, 15) is 52.7 Å². The van der Waals surface area contributed by atoms with Gasteiger partial charge in [-0.05, 0) is 0 Å². The third-order valence-corrected chi connectivity index (χ3v) is 39.9. The van der Waals surface area contributed by atoms with Crippen molar-refractivity contribution in [1.82, 2.24) is 0 Å². The van der Waals surface area contributed by atoms with Gasteiger partial charge in [0.05, 0.1) is 0 Å². The van der Waals surface area contributed by atoms with Crippen molar-refractivity contribution in [1.29, 1.82) is 0 Å². The quantitative estimate of drug-likeness (QED) is 0.0549. The van der Waals surface area contributed by atoms with E-state index < -0.39 is 114 Å². The van der Waals surface area contributed by atoms with E-state index in [0.29, 0.717) is 25.7 Å². The summed E-state index contributed by atoms with van der Waals surface area (Å²) in [5, 5.41) is 0. The molecule has 0 aromatic heterocycles. The molecule has 43 heavy (non-hydrogen) atoms. The molecule has 0 aliphatic rings. The molecule has 0 saturated carbocycles. The number of rotatable bonds is 24. The number of hydrogen-bond donors (Lipinski definition) is 0. The fourth-order valence-corrected chi connectivity index (χ4v) is 45.3. The van der Waals surface area contributed by atoms with Crippen LogP contribution in [-0.4, -0.2) is 76.3 Å². The summed E-state index contributed by atoms with van der Waals surface area (Å²) in [6.07, 6.45) is -21.9. The van der Waals surface area contributed by atoms with Gasteiger partial charge in [-0.3, -0.25) is 0 Å². The zero-order valence-corrected chi connectivity index (χ0v) is 30.6. The Labute approximate surface area is 257 Å². The van der Waals surface area contributed by atoms with Crippen molar-refractivity contribution in [2.75, 3.05) is 13.2 Å². The van der Waals surface area contributed by atoms with Crippen molar-refractivity contribution in [3.05, 3.63) is 0 Å². The van der Waals surface area contributed by atoms with Gasteiger partial charge in [-0.2, -0.15) is 0 Å². The second kappa shape index (κ2) is 20.8. The molecule has 0 saturated heterocycles. The van der Waals surface area contributed by atoms with Gasteiger partial charge in [0.25, 0.3) is 0 Å². The topological polar surface area (TPSA) is 27.7 Å². The summed E-state index contributed by atoms with van der Waals surface area (Å²) in [4.78, 5) is 0. The molecule has 0 aliphatic carbocycles. The summed E-state index contributed by atoms with van der Waals surface area (Å²) in [7, 11) is 0. The van der Waals surface area contributed by atoms with Crippen molar-refractivity contribution in [2.45, 2.75) is 146 Å². The predicted octanol–water partition coefficient (Wildman–Crippen LogP) is 11.7. The molecule has 0 heterocycles. The van der Waals surface area contributed by atoms with E-state index in [0.717, 1.165) is 12.8 Å². The van der Waals surface area contributed by atoms with Gasteiger partial charge < -0.3 is 0 Å². The van der Waals surface area contributed by atoms with E-state index >= 15 is 0 Å². The molecule has 3 nitrogen and oxygen atoms in total. The van der Waals surface area contributed by atoms with E-state index in [1.165, 1.54) is 0 Å². The molecular formula is C26H46F12O3Sn2. The Hall–Kier alpha value is 0.637. The van der Waals surface area contributed by atoms with Gasteiger partial charge in [0.1, 0.15) is 0 Å². The van der Waals surface area contributed by atoms with Crippen molar-refractivity contribution < 1.29 is 60.2 Å². The summed E-state index contributed by atoms with van der Waals surface area (Å²) in [5.74, 6) is 0. The number of hydrogen-bond acceptors (Lipinski definition) is 3. The molecule has 0 atom stereocenters. The molecule has 0 N–H and O–H groups in total. The van der Waals surface area contributed by atoms with Gasteiger partial charge >= 0.3 is 258 Å². The summed E-state index contributed by atoms with van der Waals surface area (Å²) in [5.41, 5.74) is 0. The fraction of sp³-hybridized carbons (Fsp3) is 1.00. The van der Waals surface area contributed by atoms with Crippen LogP contribution in [0.4, 0.5) is 52.7 Å². The summed E-state index contributed by atoms with van der Waals surface area (Å²) < 4.78 is 175. The Morgan fingerprint density at radius 3 is 0.860 bits per heavy atom. The zero-order valence-electron chi connectivity index (χ0n) is 24.9. The molecule has 0 unspecified atom stereocenters. The molecule has 0 aliphatic heterocycles.